The van der Waals surface area contributed by atoms with Crippen molar-refractivity contribution < 1.29 is 4.74 Å². The molecule has 2 rings (SSSR count). The van der Waals surface area contributed by atoms with Crippen LogP contribution in [0.25, 0.3) is 0 Å². The first kappa shape index (κ1) is 20.7. The van der Waals surface area contributed by atoms with Gasteiger partial charge in [0.2, 0.25) is 0 Å². The Balaban J connectivity index is 0.00000242. The lowest BCUT2D eigenvalue weighted by Gasteiger charge is -2.37. The fraction of sp³-hybridized carbons (Fsp3) is 0.933. The number of hydrogen-bond acceptors (Lipinski definition) is 4. The van der Waals surface area contributed by atoms with E-state index < -0.39 is 0 Å². The van der Waals surface area contributed by atoms with Crippen molar-refractivity contribution in [3.63, 3.8) is 0 Å². The van der Waals surface area contributed by atoms with Gasteiger partial charge < -0.3 is 15.4 Å². The Labute approximate surface area is 160 Å². The number of aliphatic imine (C=N–C) groups is 1. The van der Waals surface area contributed by atoms with Crippen LogP contribution in [0.4, 0.5) is 0 Å². The summed E-state index contributed by atoms with van der Waals surface area (Å²) in [5.74, 6) is 3.42. The zero-order valence-electron chi connectivity index (χ0n) is 13.7. The van der Waals surface area contributed by atoms with E-state index in [1.165, 1.54) is 18.6 Å². The third-order valence-corrected chi connectivity index (χ3v) is 7.03. The molecule has 0 aliphatic carbocycles. The van der Waals surface area contributed by atoms with Crippen LogP contribution in [0.5, 0.6) is 0 Å². The highest BCUT2D eigenvalue weighted by Gasteiger charge is 2.32. The predicted molar refractivity (Wildman–Crippen MR) is 111 cm³/mol. The SMILES string of the molecule is CCSC1(CNC(=NC)NCC2CCCS2)CCOCC1.I. The summed E-state index contributed by atoms with van der Waals surface area (Å²) in [6.45, 7) is 6.03. The Bertz CT molecular complexity index is 327. The Hall–Kier alpha value is 0.660. The van der Waals surface area contributed by atoms with Crippen LogP contribution >= 0.6 is 47.5 Å². The molecule has 0 aromatic heterocycles. The van der Waals surface area contributed by atoms with Crippen molar-refractivity contribution in [1.29, 1.82) is 0 Å². The summed E-state index contributed by atoms with van der Waals surface area (Å²) < 4.78 is 5.84. The number of guanidine groups is 1. The van der Waals surface area contributed by atoms with E-state index in [9.17, 15) is 0 Å². The predicted octanol–water partition coefficient (Wildman–Crippen LogP) is 2.97. The summed E-state index contributed by atoms with van der Waals surface area (Å²) in [5.41, 5.74) is 0. The van der Waals surface area contributed by atoms with Gasteiger partial charge in [-0.3, -0.25) is 4.99 Å². The first-order valence-corrected chi connectivity index (χ1v) is 10.1. The van der Waals surface area contributed by atoms with Crippen LogP contribution in [0.15, 0.2) is 4.99 Å². The molecule has 1 unspecified atom stereocenters. The minimum Gasteiger partial charge on any atom is -0.381 e. The van der Waals surface area contributed by atoms with Crippen molar-refractivity contribution in [2.75, 3.05) is 44.9 Å². The van der Waals surface area contributed by atoms with Crippen LogP contribution in [0.1, 0.15) is 32.6 Å². The third-order valence-electron chi connectivity index (χ3n) is 4.18. The lowest BCUT2D eigenvalue weighted by atomic mass is 9.99. The number of halogens is 1. The number of ether oxygens (including phenoxy) is 1. The standard InChI is InChI=1S/C15H29N3OS2.HI/c1-3-21-15(6-8-19-9-7-15)12-18-14(16-2)17-11-13-5-4-10-20-13;/h13H,3-12H2,1-2H3,(H2,16,17,18);1H. The summed E-state index contributed by atoms with van der Waals surface area (Å²) >= 11 is 4.15. The molecule has 2 heterocycles. The summed E-state index contributed by atoms with van der Waals surface area (Å²) in [6, 6.07) is 0. The van der Waals surface area contributed by atoms with Crippen LogP contribution in [0.2, 0.25) is 0 Å². The highest BCUT2D eigenvalue weighted by Crippen LogP contribution is 2.34. The number of rotatable bonds is 6. The van der Waals surface area contributed by atoms with Gasteiger partial charge in [0, 0.05) is 43.3 Å². The van der Waals surface area contributed by atoms with Gasteiger partial charge in [-0.05, 0) is 37.2 Å². The molecule has 2 aliphatic heterocycles. The smallest absolute Gasteiger partial charge is 0.191 e. The number of thioether (sulfide) groups is 2. The highest BCUT2D eigenvalue weighted by molar-refractivity contribution is 14.0. The van der Waals surface area contributed by atoms with Crippen LogP contribution in [-0.2, 0) is 4.74 Å². The van der Waals surface area contributed by atoms with E-state index in [-0.39, 0.29) is 24.0 Å². The van der Waals surface area contributed by atoms with Gasteiger partial charge >= 0.3 is 0 Å². The van der Waals surface area contributed by atoms with Gasteiger partial charge in [0.15, 0.2) is 5.96 Å². The van der Waals surface area contributed by atoms with E-state index in [1.807, 2.05) is 7.05 Å². The number of nitrogens with zero attached hydrogens (tertiary/aromatic N) is 1. The molecule has 22 heavy (non-hydrogen) atoms. The van der Waals surface area contributed by atoms with Crippen molar-refractivity contribution in [1.82, 2.24) is 10.6 Å². The largest absolute Gasteiger partial charge is 0.381 e. The molecule has 2 saturated heterocycles. The summed E-state index contributed by atoms with van der Waals surface area (Å²) in [7, 11) is 1.86. The maximum Gasteiger partial charge on any atom is 0.191 e. The number of hydrogen-bond donors (Lipinski definition) is 2. The van der Waals surface area contributed by atoms with Crippen molar-refractivity contribution in [2.45, 2.75) is 42.6 Å². The topological polar surface area (TPSA) is 45.7 Å². The summed E-state index contributed by atoms with van der Waals surface area (Å²) in [4.78, 5) is 4.37. The van der Waals surface area contributed by atoms with Gasteiger partial charge in [0.05, 0.1) is 0 Å². The lowest BCUT2D eigenvalue weighted by molar-refractivity contribution is 0.0782. The summed E-state index contributed by atoms with van der Waals surface area (Å²) in [5, 5.41) is 7.78. The molecule has 0 bridgehead atoms. The lowest BCUT2D eigenvalue weighted by Crippen LogP contribution is -2.48. The van der Waals surface area contributed by atoms with Crippen molar-refractivity contribution in [3.05, 3.63) is 0 Å². The maximum atomic E-state index is 5.53. The minimum atomic E-state index is 0. The third kappa shape index (κ3) is 6.65. The van der Waals surface area contributed by atoms with Gasteiger partial charge in [-0.1, -0.05) is 6.92 Å². The Morgan fingerprint density at radius 3 is 2.73 bits per heavy atom. The first-order chi connectivity index (χ1) is 10.3. The Kier molecular flexibility index (Phi) is 10.6. The molecule has 2 fully saturated rings. The minimum absolute atomic E-state index is 0. The van der Waals surface area contributed by atoms with Crippen LogP contribution in [0.3, 0.4) is 0 Å². The van der Waals surface area contributed by atoms with E-state index in [1.54, 1.807) is 0 Å². The fourth-order valence-electron chi connectivity index (χ4n) is 2.90. The molecule has 0 saturated carbocycles. The summed E-state index contributed by atoms with van der Waals surface area (Å²) in [6.07, 6.45) is 4.96. The van der Waals surface area contributed by atoms with E-state index >= 15 is 0 Å². The van der Waals surface area contributed by atoms with Crippen molar-refractivity contribution >= 4 is 53.5 Å². The van der Waals surface area contributed by atoms with Gasteiger partial charge in [0.1, 0.15) is 0 Å². The van der Waals surface area contributed by atoms with Crippen molar-refractivity contribution in [2.24, 2.45) is 4.99 Å². The molecule has 0 radical (unpaired) electrons. The Morgan fingerprint density at radius 1 is 1.36 bits per heavy atom. The van der Waals surface area contributed by atoms with E-state index in [2.05, 4.69) is 46.1 Å². The molecular formula is C15H30IN3OS2. The number of nitrogens with one attached hydrogen (secondary N) is 2. The molecule has 0 amide bonds. The highest BCUT2D eigenvalue weighted by atomic mass is 127. The quantitative estimate of drug-likeness (QED) is 0.363. The van der Waals surface area contributed by atoms with Crippen LogP contribution < -0.4 is 10.6 Å². The first-order valence-electron chi connectivity index (χ1n) is 8.06. The van der Waals surface area contributed by atoms with E-state index in [4.69, 9.17) is 4.74 Å². The van der Waals surface area contributed by atoms with Crippen molar-refractivity contribution in [3.8, 4) is 0 Å². The fourth-order valence-corrected chi connectivity index (χ4v) is 5.35. The van der Waals surface area contributed by atoms with E-state index in [0.29, 0.717) is 4.75 Å². The average Bonchev–Trinajstić information content (AvgIpc) is 3.02. The molecular weight excluding hydrogens is 429 g/mol. The molecule has 2 N–H and O–H groups in total. The van der Waals surface area contributed by atoms with E-state index in [0.717, 1.165) is 56.1 Å². The monoisotopic (exact) mass is 459 g/mol. The zero-order valence-corrected chi connectivity index (χ0v) is 17.7. The molecule has 4 nitrogen and oxygen atoms in total. The second kappa shape index (κ2) is 11.3. The molecule has 0 spiro atoms. The Morgan fingerprint density at radius 2 is 2.14 bits per heavy atom. The molecule has 130 valence electrons. The molecule has 0 aromatic carbocycles. The molecule has 1 atom stereocenters. The van der Waals surface area contributed by atoms with Gasteiger partial charge in [0.25, 0.3) is 0 Å². The average molecular weight is 459 g/mol. The second-order valence-corrected chi connectivity index (χ2v) is 8.81. The maximum absolute atomic E-state index is 5.53. The molecule has 2 aliphatic rings. The molecule has 0 aromatic rings. The van der Waals surface area contributed by atoms with Gasteiger partial charge in [-0.15, -0.1) is 24.0 Å². The van der Waals surface area contributed by atoms with Crippen LogP contribution in [-0.4, -0.2) is 60.8 Å². The van der Waals surface area contributed by atoms with Gasteiger partial charge in [-0.25, -0.2) is 0 Å². The second-order valence-electron chi connectivity index (χ2n) is 5.67. The van der Waals surface area contributed by atoms with Crippen LogP contribution in [0, 0.1) is 0 Å². The zero-order chi connectivity index (χ0) is 15.0. The van der Waals surface area contributed by atoms with Gasteiger partial charge in [-0.2, -0.15) is 23.5 Å². The normalized spacial score (nSPS) is 24.6. The molecule has 7 heteroatoms.